The van der Waals surface area contributed by atoms with Gasteiger partial charge in [0.25, 0.3) is 5.56 Å². The summed E-state index contributed by atoms with van der Waals surface area (Å²) in [5, 5.41) is 0. The molecule has 0 aliphatic rings. The maximum Gasteiger partial charge on any atom is 0.301 e. The second-order valence-corrected chi connectivity index (χ2v) is 3.74. The molecule has 0 fully saturated rings. The van der Waals surface area contributed by atoms with Crippen molar-refractivity contribution in [2.24, 2.45) is 5.84 Å². The van der Waals surface area contributed by atoms with Gasteiger partial charge in [0.15, 0.2) is 5.76 Å². The van der Waals surface area contributed by atoms with Crippen LogP contribution in [0, 0.1) is 6.92 Å². The van der Waals surface area contributed by atoms with Crippen LogP contribution in [0.25, 0.3) is 0 Å². The normalized spacial score (nSPS) is 10.3. The van der Waals surface area contributed by atoms with Crippen LogP contribution in [0.4, 0.5) is 0 Å². The van der Waals surface area contributed by atoms with Crippen LogP contribution in [0.3, 0.4) is 0 Å². The molecule has 0 aromatic carbocycles. The highest BCUT2D eigenvalue weighted by atomic mass is 16.4. The zero-order chi connectivity index (χ0) is 13.1. The summed E-state index contributed by atoms with van der Waals surface area (Å²) in [6.07, 6.45) is 2.82. The first kappa shape index (κ1) is 12.1. The first-order chi connectivity index (χ1) is 8.61. The van der Waals surface area contributed by atoms with Gasteiger partial charge in [0.1, 0.15) is 5.76 Å². The molecule has 0 radical (unpaired) electrons. The topological polar surface area (TPSA) is 103 Å². The average molecular weight is 248 g/mol. The fourth-order valence-corrected chi connectivity index (χ4v) is 1.58. The van der Waals surface area contributed by atoms with Crippen LogP contribution in [0.15, 0.2) is 33.9 Å². The summed E-state index contributed by atoms with van der Waals surface area (Å²) in [7, 11) is 0. The number of aryl methyl sites for hydroxylation is 1. The van der Waals surface area contributed by atoms with E-state index in [4.69, 9.17) is 10.3 Å². The number of nitrogens with two attached hydrogens (primary N) is 1. The van der Waals surface area contributed by atoms with Gasteiger partial charge in [-0.3, -0.25) is 19.6 Å². The summed E-state index contributed by atoms with van der Waals surface area (Å²) in [4.78, 5) is 26.7. The van der Waals surface area contributed by atoms with E-state index in [-0.39, 0.29) is 17.9 Å². The zero-order valence-electron chi connectivity index (χ0n) is 9.71. The Bertz CT molecular complexity index is 629. The minimum absolute atomic E-state index is 0.143. The van der Waals surface area contributed by atoms with E-state index in [0.717, 1.165) is 0 Å². The van der Waals surface area contributed by atoms with E-state index in [9.17, 15) is 9.59 Å². The second kappa shape index (κ2) is 4.84. The Hall–Kier alpha value is -2.41. The lowest BCUT2D eigenvalue weighted by Crippen LogP contribution is -2.30. The molecule has 7 heteroatoms. The van der Waals surface area contributed by atoms with Crippen molar-refractivity contribution in [3.05, 3.63) is 52.1 Å². The third-order valence-corrected chi connectivity index (χ3v) is 2.42. The Balaban J connectivity index is 2.29. The molecule has 0 bridgehead atoms. The Labute approximate surface area is 102 Å². The molecule has 0 atom stereocenters. The van der Waals surface area contributed by atoms with Crippen LogP contribution in [0.2, 0.25) is 0 Å². The summed E-state index contributed by atoms with van der Waals surface area (Å²) in [5.74, 6) is 5.16. The second-order valence-electron chi connectivity index (χ2n) is 3.74. The van der Waals surface area contributed by atoms with E-state index < -0.39 is 5.91 Å². The molecule has 18 heavy (non-hydrogen) atoms. The SMILES string of the molecule is Cc1cc(Cn2cnccc2=O)oc1C(=O)NN. The van der Waals surface area contributed by atoms with Crippen LogP contribution < -0.4 is 16.8 Å². The highest BCUT2D eigenvalue weighted by Crippen LogP contribution is 2.14. The maximum absolute atomic E-state index is 11.5. The number of hydrazine groups is 1. The monoisotopic (exact) mass is 248 g/mol. The summed E-state index contributed by atoms with van der Waals surface area (Å²) < 4.78 is 6.72. The minimum atomic E-state index is -0.503. The van der Waals surface area contributed by atoms with E-state index in [1.54, 1.807) is 13.0 Å². The molecule has 2 heterocycles. The highest BCUT2D eigenvalue weighted by Gasteiger charge is 2.14. The van der Waals surface area contributed by atoms with Gasteiger partial charge in [-0.25, -0.2) is 10.8 Å². The van der Waals surface area contributed by atoms with Crippen molar-refractivity contribution < 1.29 is 9.21 Å². The van der Waals surface area contributed by atoms with Crippen LogP contribution in [-0.4, -0.2) is 15.5 Å². The predicted molar refractivity (Wildman–Crippen MR) is 62.7 cm³/mol. The Morgan fingerprint density at radius 2 is 2.39 bits per heavy atom. The molecule has 94 valence electrons. The van der Waals surface area contributed by atoms with Crippen LogP contribution in [0.5, 0.6) is 0 Å². The number of nitrogen functional groups attached to an aromatic ring is 1. The van der Waals surface area contributed by atoms with Gasteiger partial charge in [-0.2, -0.15) is 0 Å². The average Bonchev–Trinajstić information content (AvgIpc) is 2.72. The lowest BCUT2D eigenvalue weighted by Gasteiger charge is -2.00. The fraction of sp³-hybridized carbons (Fsp3) is 0.182. The van der Waals surface area contributed by atoms with Gasteiger partial charge in [-0.15, -0.1) is 0 Å². The number of nitrogens with zero attached hydrogens (tertiary/aromatic N) is 2. The standard InChI is InChI=1S/C11H12N4O3/c1-7-4-8(18-10(7)11(17)14-12)5-15-6-13-3-2-9(15)16/h2-4,6H,5,12H2,1H3,(H,14,17). The number of hydrogen-bond donors (Lipinski definition) is 2. The Morgan fingerprint density at radius 1 is 1.61 bits per heavy atom. The Morgan fingerprint density at radius 3 is 3.06 bits per heavy atom. The lowest BCUT2D eigenvalue weighted by atomic mass is 10.2. The van der Waals surface area contributed by atoms with E-state index in [1.807, 2.05) is 5.43 Å². The third-order valence-electron chi connectivity index (χ3n) is 2.42. The molecule has 0 saturated heterocycles. The number of carbonyl (C=O) groups is 1. The molecule has 0 spiro atoms. The van der Waals surface area contributed by atoms with Crippen molar-refractivity contribution in [3.8, 4) is 0 Å². The number of rotatable bonds is 3. The quantitative estimate of drug-likeness (QED) is 0.444. The number of aromatic nitrogens is 2. The minimum Gasteiger partial charge on any atom is -0.454 e. The van der Waals surface area contributed by atoms with Gasteiger partial charge in [-0.05, 0) is 13.0 Å². The van der Waals surface area contributed by atoms with Crippen molar-refractivity contribution in [3.63, 3.8) is 0 Å². The first-order valence-corrected chi connectivity index (χ1v) is 5.22. The van der Waals surface area contributed by atoms with E-state index in [0.29, 0.717) is 11.3 Å². The Kier molecular flexibility index (Phi) is 3.24. The number of furan rings is 1. The van der Waals surface area contributed by atoms with Crippen molar-refractivity contribution >= 4 is 5.91 Å². The highest BCUT2D eigenvalue weighted by molar-refractivity contribution is 5.92. The van der Waals surface area contributed by atoms with E-state index >= 15 is 0 Å². The van der Waals surface area contributed by atoms with Crippen LogP contribution >= 0.6 is 0 Å². The summed E-state index contributed by atoms with van der Waals surface area (Å²) in [6.45, 7) is 1.94. The molecular formula is C11H12N4O3. The van der Waals surface area contributed by atoms with E-state index in [2.05, 4.69) is 4.98 Å². The van der Waals surface area contributed by atoms with Gasteiger partial charge in [0.2, 0.25) is 0 Å². The summed E-state index contributed by atoms with van der Waals surface area (Å²) in [6, 6.07) is 3.04. The molecule has 1 amide bonds. The van der Waals surface area contributed by atoms with Crippen LogP contribution in [-0.2, 0) is 6.54 Å². The largest absolute Gasteiger partial charge is 0.454 e. The van der Waals surface area contributed by atoms with Crippen molar-refractivity contribution in [2.45, 2.75) is 13.5 Å². The number of amides is 1. The van der Waals surface area contributed by atoms with Gasteiger partial charge < -0.3 is 4.42 Å². The van der Waals surface area contributed by atoms with Gasteiger partial charge >= 0.3 is 5.91 Å². The van der Waals surface area contributed by atoms with Crippen molar-refractivity contribution in [2.75, 3.05) is 0 Å². The summed E-state index contributed by atoms with van der Waals surface area (Å²) in [5.41, 5.74) is 2.46. The fourth-order valence-electron chi connectivity index (χ4n) is 1.58. The molecule has 0 unspecified atom stereocenters. The molecule has 7 nitrogen and oxygen atoms in total. The predicted octanol–water partition coefficient (Wildman–Crippen LogP) is -0.203. The molecule has 2 rings (SSSR count). The zero-order valence-corrected chi connectivity index (χ0v) is 9.71. The molecule has 0 aliphatic carbocycles. The number of carbonyl (C=O) groups excluding carboxylic acids is 1. The molecule has 3 N–H and O–H groups in total. The molecule has 0 saturated carbocycles. The van der Waals surface area contributed by atoms with E-state index in [1.165, 1.54) is 23.2 Å². The summed E-state index contributed by atoms with van der Waals surface area (Å²) >= 11 is 0. The maximum atomic E-state index is 11.5. The molecule has 2 aromatic rings. The molecular weight excluding hydrogens is 236 g/mol. The van der Waals surface area contributed by atoms with Gasteiger partial charge in [-0.1, -0.05) is 0 Å². The smallest absolute Gasteiger partial charge is 0.301 e. The number of hydrogen-bond acceptors (Lipinski definition) is 5. The van der Waals surface area contributed by atoms with Crippen molar-refractivity contribution in [1.29, 1.82) is 0 Å². The van der Waals surface area contributed by atoms with Gasteiger partial charge in [0, 0.05) is 17.8 Å². The first-order valence-electron chi connectivity index (χ1n) is 5.22. The van der Waals surface area contributed by atoms with Crippen molar-refractivity contribution in [1.82, 2.24) is 15.0 Å². The number of nitrogens with one attached hydrogen (secondary N) is 1. The van der Waals surface area contributed by atoms with Gasteiger partial charge in [0.05, 0.1) is 12.9 Å². The molecule has 2 aromatic heterocycles. The lowest BCUT2D eigenvalue weighted by molar-refractivity contribution is 0.0923. The van der Waals surface area contributed by atoms with Crippen LogP contribution in [0.1, 0.15) is 21.9 Å². The third kappa shape index (κ3) is 2.30. The molecule has 0 aliphatic heterocycles.